The summed E-state index contributed by atoms with van der Waals surface area (Å²) in [4.78, 5) is 0. The lowest BCUT2D eigenvalue weighted by molar-refractivity contribution is 0.195. The molecule has 0 atom stereocenters. The van der Waals surface area contributed by atoms with Crippen LogP contribution >= 0.6 is 8.60 Å². The summed E-state index contributed by atoms with van der Waals surface area (Å²) in [5, 5.41) is 0. The molecule has 0 N–H and O–H groups in total. The lowest BCUT2D eigenvalue weighted by atomic mass is 10.7. The number of hydrogen-bond acceptors (Lipinski definition) is 3. The van der Waals surface area contributed by atoms with Gasteiger partial charge in [0.1, 0.15) is 0 Å². The Morgan fingerprint density at radius 2 is 1.07 bits per heavy atom. The minimum Gasteiger partial charge on any atom is -0.308 e. The van der Waals surface area contributed by atoms with Crippen LogP contribution in [0.5, 0.6) is 0 Å². The Morgan fingerprint density at radius 1 is 0.786 bits per heavy atom. The van der Waals surface area contributed by atoms with E-state index in [0.29, 0.717) is 19.8 Å². The Morgan fingerprint density at radius 3 is 1.29 bits per heavy atom. The predicted molar refractivity (Wildman–Crippen MR) is 65.3 cm³/mol. The van der Waals surface area contributed by atoms with Crippen molar-refractivity contribution in [2.45, 2.75) is 0 Å². The SMILES string of the molecule is B.C=CCOP(OCC=C)OCC=C. The van der Waals surface area contributed by atoms with Crippen molar-refractivity contribution < 1.29 is 13.6 Å². The van der Waals surface area contributed by atoms with Crippen molar-refractivity contribution >= 4 is 17.0 Å². The lowest BCUT2D eigenvalue weighted by Gasteiger charge is -2.13. The first kappa shape index (κ1) is 16.0. The van der Waals surface area contributed by atoms with Crippen molar-refractivity contribution in [1.82, 2.24) is 0 Å². The molecule has 0 aliphatic heterocycles. The summed E-state index contributed by atoms with van der Waals surface area (Å²) in [7, 11) is -1.29. The van der Waals surface area contributed by atoms with Crippen LogP contribution in [0.4, 0.5) is 0 Å². The maximum Gasteiger partial charge on any atom is 0.333 e. The fraction of sp³-hybridized carbons (Fsp3) is 0.333. The maximum absolute atomic E-state index is 5.20. The maximum atomic E-state index is 5.20. The van der Waals surface area contributed by atoms with Gasteiger partial charge in [0.25, 0.3) is 0 Å². The summed E-state index contributed by atoms with van der Waals surface area (Å²) in [5.41, 5.74) is 0. The van der Waals surface area contributed by atoms with Gasteiger partial charge in [0, 0.05) is 0 Å². The van der Waals surface area contributed by atoms with E-state index in [1.165, 1.54) is 0 Å². The molecule has 0 heterocycles. The minimum atomic E-state index is -1.29. The molecular formula is C9H18BO3P. The van der Waals surface area contributed by atoms with Gasteiger partial charge in [-0.3, -0.25) is 0 Å². The summed E-state index contributed by atoms with van der Waals surface area (Å²) < 4.78 is 15.6. The fourth-order valence-corrected chi connectivity index (χ4v) is 1.36. The van der Waals surface area contributed by atoms with Crippen LogP contribution in [0, 0.1) is 0 Å². The van der Waals surface area contributed by atoms with E-state index >= 15 is 0 Å². The summed E-state index contributed by atoms with van der Waals surface area (Å²) in [6.45, 7) is 11.8. The predicted octanol–water partition coefficient (Wildman–Crippen LogP) is 1.64. The zero-order valence-electron chi connectivity index (χ0n) is 7.65. The van der Waals surface area contributed by atoms with Crippen molar-refractivity contribution in [1.29, 1.82) is 0 Å². The molecule has 0 aromatic carbocycles. The molecule has 0 radical (unpaired) electrons. The van der Waals surface area contributed by atoms with E-state index in [4.69, 9.17) is 13.6 Å². The third-order valence-electron chi connectivity index (χ3n) is 0.893. The minimum absolute atomic E-state index is 0. The molecular weight excluding hydrogens is 198 g/mol. The third-order valence-corrected chi connectivity index (χ3v) is 1.97. The largest absolute Gasteiger partial charge is 0.333 e. The molecule has 0 rings (SSSR count). The standard InChI is InChI=1S/C9H15O3P.BH3/c1-4-7-10-13(11-8-5-2)12-9-6-3;/h4-6H,1-3,7-9H2;1H3. The zero-order chi connectivity index (χ0) is 9.94. The van der Waals surface area contributed by atoms with E-state index in [0.717, 1.165) is 0 Å². The molecule has 0 spiro atoms. The Hall–Kier alpha value is -0.405. The molecule has 3 nitrogen and oxygen atoms in total. The van der Waals surface area contributed by atoms with Gasteiger partial charge >= 0.3 is 8.60 Å². The monoisotopic (exact) mass is 216 g/mol. The highest BCUT2D eigenvalue weighted by atomic mass is 31.2. The Kier molecular flexibility index (Phi) is 14.4. The van der Waals surface area contributed by atoms with Crippen LogP contribution < -0.4 is 0 Å². The molecule has 0 aromatic rings. The van der Waals surface area contributed by atoms with E-state index in [1.54, 1.807) is 18.2 Å². The summed E-state index contributed by atoms with van der Waals surface area (Å²) >= 11 is 0. The molecule has 14 heavy (non-hydrogen) atoms. The van der Waals surface area contributed by atoms with E-state index in [1.807, 2.05) is 0 Å². The summed E-state index contributed by atoms with van der Waals surface area (Å²) in [6, 6.07) is 0. The Bertz CT molecular complexity index is 136. The first-order chi connectivity index (χ1) is 6.35. The van der Waals surface area contributed by atoms with Crippen LogP contribution in [-0.4, -0.2) is 28.2 Å². The van der Waals surface area contributed by atoms with E-state index in [2.05, 4.69) is 19.7 Å². The molecule has 0 aliphatic carbocycles. The first-order valence-corrected chi connectivity index (χ1v) is 4.96. The smallest absolute Gasteiger partial charge is 0.308 e. The van der Waals surface area contributed by atoms with Gasteiger partial charge in [-0.1, -0.05) is 18.2 Å². The van der Waals surface area contributed by atoms with Crippen LogP contribution in [0.15, 0.2) is 38.0 Å². The molecule has 5 heteroatoms. The van der Waals surface area contributed by atoms with Crippen LogP contribution in [0.1, 0.15) is 0 Å². The molecule has 0 saturated heterocycles. The second-order valence-electron chi connectivity index (χ2n) is 1.98. The summed E-state index contributed by atoms with van der Waals surface area (Å²) in [5.74, 6) is 0. The average Bonchev–Trinajstić information content (AvgIpc) is 2.17. The topological polar surface area (TPSA) is 27.7 Å². The van der Waals surface area contributed by atoms with Gasteiger partial charge in [-0.25, -0.2) is 0 Å². The van der Waals surface area contributed by atoms with E-state index < -0.39 is 8.60 Å². The molecule has 0 aliphatic rings. The van der Waals surface area contributed by atoms with E-state index in [9.17, 15) is 0 Å². The zero-order valence-corrected chi connectivity index (χ0v) is 8.54. The molecule has 0 bridgehead atoms. The molecule has 80 valence electrons. The Balaban J connectivity index is 0. The van der Waals surface area contributed by atoms with Gasteiger partial charge in [0.15, 0.2) is 0 Å². The molecule has 0 fully saturated rings. The quantitative estimate of drug-likeness (QED) is 0.333. The lowest BCUT2D eigenvalue weighted by Crippen LogP contribution is -1.95. The molecule has 0 saturated carbocycles. The molecule has 0 unspecified atom stereocenters. The van der Waals surface area contributed by atoms with Gasteiger partial charge in [-0.05, 0) is 0 Å². The first-order valence-electron chi connectivity index (χ1n) is 3.86. The van der Waals surface area contributed by atoms with Gasteiger partial charge < -0.3 is 13.6 Å². The highest BCUT2D eigenvalue weighted by molar-refractivity contribution is 7.41. The normalized spacial score (nSPS) is 9.21. The van der Waals surface area contributed by atoms with Crippen molar-refractivity contribution in [3.8, 4) is 0 Å². The van der Waals surface area contributed by atoms with Gasteiger partial charge in [0.05, 0.1) is 28.2 Å². The van der Waals surface area contributed by atoms with Crippen molar-refractivity contribution in [3.63, 3.8) is 0 Å². The number of rotatable bonds is 9. The van der Waals surface area contributed by atoms with Crippen molar-refractivity contribution in [3.05, 3.63) is 38.0 Å². The highest BCUT2D eigenvalue weighted by Crippen LogP contribution is 2.39. The second kappa shape index (κ2) is 12.6. The van der Waals surface area contributed by atoms with Crippen LogP contribution in [-0.2, 0) is 13.6 Å². The third kappa shape index (κ3) is 9.68. The van der Waals surface area contributed by atoms with E-state index in [-0.39, 0.29) is 8.41 Å². The van der Waals surface area contributed by atoms with Gasteiger partial charge in [-0.15, -0.1) is 19.7 Å². The molecule has 0 aromatic heterocycles. The number of hydrogen-bond donors (Lipinski definition) is 0. The highest BCUT2D eigenvalue weighted by Gasteiger charge is 2.09. The van der Waals surface area contributed by atoms with Crippen molar-refractivity contribution in [2.75, 3.05) is 19.8 Å². The fourth-order valence-electron chi connectivity index (χ4n) is 0.452. The van der Waals surface area contributed by atoms with Crippen LogP contribution in [0.25, 0.3) is 0 Å². The molecule has 0 amide bonds. The second-order valence-corrected chi connectivity index (χ2v) is 3.20. The van der Waals surface area contributed by atoms with Gasteiger partial charge in [-0.2, -0.15) is 0 Å². The van der Waals surface area contributed by atoms with Crippen LogP contribution in [0.3, 0.4) is 0 Å². The Labute approximate surface area is 89.0 Å². The average molecular weight is 216 g/mol. The van der Waals surface area contributed by atoms with Gasteiger partial charge in [0.2, 0.25) is 0 Å². The van der Waals surface area contributed by atoms with Crippen molar-refractivity contribution in [2.24, 2.45) is 0 Å². The summed E-state index contributed by atoms with van der Waals surface area (Å²) in [6.07, 6.45) is 4.93. The van der Waals surface area contributed by atoms with Crippen LogP contribution in [0.2, 0.25) is 0 Å².